The fourth-order valence-electron chi connectivity index (χ4n) is 10.9. The first-order chi connectivity index (χ1) is 29.1. The Morgan fingerprint density at radius 1 is 0.400 bits per heavy atom. The maximum absolute atomic E-state index is 2.46. The fourth-order valence-corrected chi connectivity index (χ4v) is 10.9. The second-order valence-electron chi connectivity index (χ2n) is 18.1. The predicted octanol–water partition coefficient (Wildman–Crippen LogP) is 16.3. The molecule has 0 atom stereocenters. The minimum Gasteiger partial charge on any atom is -0.310 e. The van der Waals surface area contributed by atoms with Gasteiger partial charge in [0, 0.05) is 45.0 Å². The SMILES string of the molecule is Cc1c2ccc(N(c3ccccc3)c3ccc4c(c3)C(C)(C)C3=C4C=CCC3)cc2c(C)c2cc(N(c3ccccc3)c3ccc4c(c3)C(C)(C)c3ccccc3-4)ccc12. The molecule has 2 nitrogen and oxygen atoms in total. The van der Waals surface area contributed by atoms with Crippen molar-refractivity contribution in [3.05, 3.63) is 209 Å². The molecule has 8 aromatic carbocycles. The smallest absolute Gasteiger partial charge is 0.0468 e. The standard InChI is InChI=1S/C58H50N2/c1-37-45-29-25-41(59(39-17-9-7-10-18-39)43-27-31-49-47-21-13-15-23-53(47)57(3,4)55(49)35-43)33-51(45)38(2)52-34-42(26-30-46(37)52)60(40-19-11-8-12-20-40)44-28-32-50-48-22-14-16-24-54(48)58(5,6)56(50)36-44/h7-15,17-23,25-36H,16,24H2,1-6H3. The average molecular weight is 775 g/mol. The number of nitrogens with zero attached hydrogens (tertiary/aromatic N) is 2. The van der Waals surface area contributed by atoms with Crippen molar-refractivity contribution >= 4 is 61.2 Å². The van der Waals surface area contributed by atoms with E-state index in [1.54, 1.807) is 5.57 Å². The number of para-hydroxylation sites is 2. The van der Waals surface area contributed by atoms with Gasteiger partial charge in [0.1, 0.15) is 0 Å². The van der Waals surface area contributed by atoms with Crippen molar-refractivity contribution in [2.24, 2.45) is 0 Å². The zero-order valence-corrected chi connectivity index (χ0v) is 35.5. The third-order valence-electron chi connectivity index (χ3n) is 14.1. The van der Waals surface area contributed by atoms with Crippen LogP contribution in [0.3, 0.4) is 0 Å². The second-order valence-corrected chi connectivity index (χ2v) is 18.1. The van der Waals surface area contributed by atoms with Gasteiger partial charge in [0.2, 0.25) is 0 Å². The number of rotatable bonds is 6. The van der Waals surface area contributed by atoms with Gasteiger partial charge in [-0.15, -0.1) is 0 Å². The minimum absolute atomic E-state index is 0.00384. The first-order valence-electron chi connectivity index (χ1n) is 21.6. The van der Waals surface area contributed by atoms with Gasteiger partial charge in [-0.1, -0.05) is 130 Å². The number of hydrogen-bond donors (Lipinski definition) is 0. The molecule has 292 valence electrons. The number of allylic oxidation sites excluding steroid dienone is 4. The van der Waals surface area contributed by atoms with Crippen LogP contribution in [-0.4, -0.2) is 0 Å². The predicted molar refractivity (Wildman–Crippen MR) is 256 cm³/mol. The molecule has 0 heterocycles. The highest BCUT2D eigenvalue weighted by Gasteiger charge is 2.38. The molecule has 8 aromatic rings. The van der Waals surface area contributed by atoms with Gasteiger partial charge >= 0.3 is 0 Å². The lowest BCUT2D eigenvalue weighted by molar-refractivity contribution is 0.607. The zero-order chi connectivity index (χ0) is 40.9. The van der Waals surface area contributed by atoms with Crippen molar-refractivity contribution in [2.45, 2.75) is 65.2 Å². The molecule has 0 saturated carbocycles. The highest BCUT2D eigenvalue weighted by atomic mass is 15.1. The van der Waals surface area contributed by atoms with E-state index in [4.69, 9.17) is 0 Å². The Labute approximate surface area is 354 Å². The Hall–Kier alpha value is -6.64. The van der Waals surface area contributed by atoms with Crippen LogP contribution in [0.25, 0.3) is 38.2 Å². The van der Waals surface area contributed by atoms with E-state index in [0.717, 1.165) is 35.6 Å². The van der Waals surface area contributed by atoms with E-state index in [-0.39, 0.29) is 10.8 Å². The third-order valence-corrected chi connectivity index (χ3v) is 14.1. The molecule has 0 spiro atoms. The summed E-state index contributed by atoms with van der Waals surface area (Å²) in [4.78, 5) is 4.88. The fraction of sp³-hybridized carbons (Fsp3) is 0.172. The molecule has 0 N–H and O–H groups in total. The molecule has 60 heavy (non-hydrogen) atoms. The first-order valence-corrected chi connectivity index (χ1v) is 21.6. The van der Waals surface area contributed by atoms with Crippen LogP contribution in [0.15, 0.2) is 175 Å². The molecular weight excluding hydrogens is 725 g/mol. The van der Waals surface area contributed by atoms with Gasteiger partial charge in [-0.2, -0.15) is 0 Å². The summed E-state index contributed by atoms with van der Waals surface area (Å²) in [5.74, 6) is 0. The van der Waals surface area contributed by atoms with Gasteiger partial charge in [-0.3, -0.25) is 0 Å². The molecule has 0 fully saturated rings. The van der Waals surface area contributed by atoms with Crippen molar-refractivity contribution in [1.29, 1.82) is 0 Å². The molecule has 0 radical (unpaired) electrons. The van der Waals surface area contributed by atoms with Gasteiger partial charge in [0.25, 0.3) is 0 Å². The van der Waals surface area contributed by atoms with Crippen LogP contribution in [0.4, 0.5) is 34.1 Å². The summed E-state index contributed by atoms with van der Waals surface area (Å²) < 4.78 is 0. The highest BCUT2D eigenvalue weighted by molar-refractivity contribution is 6.08. The van der Waals surface area contributed by atoms with E-state index in [0.29, 0.717) is 0 Å². The zero-order valence-electron chi connectivity index (χ0n) is 35.5. The number of aryl methyl sites for hydroxylation is 2. The number of hydrogen-bond acceptors (Lipinski definition) is 2. The van der Waals surface area contributed by atoms with E-state index in [1.807, 2.05) is 0 Å². The quantitative estimate of drug-likeness (QED) is 0.155. The Morgan fingerprint density at radius 2 is 0.867 bits per heavy atom. The third kappa shape index (κ3) is 5.40. The first kappa shape index (κ1) is 36.4. The normalized spacial score (nSPS) is 15.5. The summed E-state index contributed by atoms with van der Waals surface area (Å²) in [6.45, 7) is 14.2. The van der Waals surface area contributed by atoms with Gasteiger partial charge in [0.15, 0.2) is 0 Å². The summed E-state index contributed by atoms with van der Waals surface area (Å²) in [5.41, 5.74) is 20.7. The summed E-state index contributed by atoms with van der Waals surface area (Å²) in [6, 6.07) is 59.0. The van der Waals surface area contributed by atoms with Crippen LogP contribution in [0, 0.1) is 13.8 Å². The molecular formula is C58H50N2. The lowest BCUT2D eigenvalue weighted by Gasteiger charge is -2.30. The lowest BCUT2D eigenvalue weighted by Crippen LogP contribution is -2.18. The molecule has 0 aliphatic heterocycles. The van der Waals surface area contributed by atoms with Crippen LogP contribution < -0.4 is 9.80 Å². The topological polar surface area (TPSA) is 6.48 Å². The van der Waals surface area contributed by atoms with Gasteiger partial charge in [-0.25, -0.2) is 0 Å². The molecule has 0 unspecified atom stereocenters. The molecule has 0 bridgehead atoms. The Bertz CT molecular complexity index is 3110. The molecule has 0 aromatic heterocycles. The Morgan fingerprint density at radius 3 is 1.47 bits per heavy atom. The van der Waals surface area contributed by atoms with Gasteiger partial charge in [0.05, 0.1) is 0 Å². The van der Waals surface area contributed by atoms with E-state index >= 15 is 0 Å². The molecule has 2 heteroatoms. The molecule has 0 saturated heterocycles. The average Bonchev–Trinajstić information content (AvgIpc) is 3.65. The van der Waals surface area contributed by atoms with Gasteiger partial charge < -0.3 is 9.80 Å². The van der Waals surface area contributed by atoms with Crippen LogP contribution in [0.2, 0.25) is 0 Å². The molecule has 11 rings (SSSR count). The maximum atomic E-state index is 2.46. The monoisotopic (exact) mass is 774 g/mol. The van der Waals surface area contributed by atoms with Crippen molar-refractivity contribution in [1.82, 2.24) is 0 Å². The summed E-state index contributed by atoms with van der Waals surface area (Å²) in [6.07, 6.45) is 6.95. The maximum Gasteiger partial charge on any atom is 0.0468 e. The molecule has 0 amide bonds. The summed E-state index contributed by atoms with van der Waals surface area (Å²) in [5, 5.41) is 5.15. The minimum atomic E-state index is -0.0880. The largest absolute Gasteiger partial charge is 0.310 e. The summed E-state index contributed by atoms with van der Waals surface area (Å²) >= 11 is 0. The van der Waals surface area contributed by atoms with Gasteiger partial charge in [-0.05, 0) is 171 Å². The van der Waals surface area contributed by atoms with Crippen molar-refractivity contribution in [2.75, 3.05) is 9.80 Å². The second kappa shape index (κ2) is 13.4. The van der Waals surface area contributed by atoms with Crippen LogP contribution in [-0.2, 0) is 10.8 Å². The van der Waals surface area contributed by atoms with Crippen LogP contribution in [0.5, 0.6) is 0 Å². The van der Waals surface area contributed by atoms with Crippen molar-refractivity contribution in [3.63, 3.8) is 0 Å². The van der Waals surface area contributed by atoms with Crippen LogP contribution >= 0.6 is 0 Å². The Balaban J connectivity index is 1.06. The molecule has 3 aliphatic carbocycles. The highest BCUT2D eigenvalue weighted by Crippen LogP contribution is 2.53. The van der Waals surface area contributed by atoms with Crippen molar-refractivity contribution in [3.8, 4) is 11.1 Å². The number of anilines is 6. The van der Waals surface area contributed by atoms with E-state index in [9.17, 15) is 0 Å². The number of benzene rings is 8. The van der Waals surface area contributed by atoms with E-state index < -0.39 is 0 Å². The van der Waals surface area contributed by atoms with Crippen LogP contribution in [0.1, 0.15) is 73.9 Å². The lowest BCUT2D eigenvalue weighted by atomic mass is 9.78. The Kier molecular flexibility index (Phi) is 8.16. The number of fused-ring (bicyclic) bond motifs is 7. The van der Waals surface area contributed by atoms with Crippen molar-refractivity contribution < 1.29 is 0 Å². The summed E-state index contributed by atoms with van der Waals surface area (Å²) in [7, 11) is 0. The van der Waals surface area contributed by atoms with E-state index in [2.05, 4.69) is 221 Å². The van der Waals surface area contributed by atoms with E-state index in [1.165, 1.54) is 83.0 Å². The molecule has 3 aliphatic rings.